The molecule has 3 rings (SSSR count). The SMILES string of the molecule is Nc1ccc(OCc2ccn(C3CCCC3)n2)c(Cl)c1. The van der Waals surface area contributed by atoms with Crippen molar-refractivity contribution < 1.29 is 4.74 Å². The molecule has 1 fully saturated rings. The van der Waals surface area contributed by atoms with Crippen LogP contribution in [0.5, 0.6) is 5.75 Å². The third kappa shape index (κ3) is 2.90. The van der Waals surface area contributed by atoms with E-state index in [-0.39, 0.29) is 0 Å². The number of hydrogen-bond donors (Lipinski definition) is 1. The maximum Gasteiger partial charge on any atom is 0.138 e. The van der Waals surface area contributed by atoms with E-state index in [9.17, 15) is 0 Å². The highest BCUT2D eigenvalue weighted by atomic mass is 35.5. The van der Waals surface area contributed by atoms with Crippen molar-refractivity contribution in [1.82, 2.24) is 9.78 Å². The number of benzene rings is 1. The monoisotopic (exact) mass is 291 g/mol. The largest absolute Gasteiger partial charge is 0.486 e. The summed E-state index contributed by atoms with van der Waals surface area (Å²) in [5.74, 6) is 0.635. The summed E-state index contributed by atoms with van der Waals surface area (Å²) >= 11 is 6.07. The number of nitrogen functional groups attached to an aromatic ring is 1. The molecule has 20 heavy (non-hydrogen) atoms. The number of nitrogens with two attached hydrogens (primary N) is 1. The fraction of sp³-hybridized carbons (Fsp3) is 0.400. The van der Waals surface area contributed by atoms with Gasteiger partial charge in [-0.1, -0.05) is 24.4 Å². The van der Waals surface area contributed by atoms with Crippen LogP contribution in [-0.2, 0) is 6.61 Å². The minimum absolute atomic E-state index is 0.420. The van der Waals surface area contributed by atoms with E-state index in [0.717, 1.165) is 5.69 Å². The molecule has 1 aromatic heterocycles. The van der Waals surface area contributed by atoms with Gasteiger partial charge in [-0.2, -0.15) is 5.10 Å². The highest BCUT2D eigenvalue weighted by Crippen LogP contribution is 2.29. The maximum atomic E-state index is 6.07. The Balaban J connectivity index is 1.63. The third-order valence-corrected chi connectivity index (χ3v) is 3.99. The molecular weight excluding hydrogens is 274 g/mol. The van der Waals surface area contributed by atoms with Gasteiger partial charge in [0.2, 0.25) is 0 Å². The normalized spacial score (nSPS) is 15.7. The molecule has 1 saturated carbocycles. The Morgan fingerprint density at radius 3 is 2.85 bits per heavy atom. The summed E-state index contributed by atoms with van der Waals surface area (Å²) in [6, 6.07) is 7.81. The molecule has 5 heteroatoms. The molecule has 0 saturated heterocycles. The van der Waals surface area contributed by atoms with Crippen LogP contribution >= 0.6 is 11.6 Å². The molecule has 1 aliphatic rings. The summed E-state index contributed by atoms with van der Waals surface area (Å²) in [6.07, 6.45) is 7.10. The summed E-state index contributed by atoms with van der Waals surface area (Å²) in [5.41, 5.74) is 7.21. The van der Waals surface area contributed by atoms with Gasteiger partial charge in [0.05, 0.1) is 16.8 Å². The zero-order valence-electron chi connectivity index (χ0n) is 11.3. The first-order valence-corrected chi connectivity index (χ1v) is 7.32. The van der Waals surface area contributed by atoms with Gasteiger partial charge in [0.15, 0.2) is 0 Å². The van der Waals surface area contributed by atoms with Gasteiger partial charge in [-0.15, -0.1) is 0 Å². The summed E-state index contributed by atoms with van der Waals surface area (Å²) < 4.78 is 7.76. The molecule has 1 aliphatic carbocycles. The van der Waals surface area contributed by atoms with Crippen LogP contribution in [0.25, 0.3) is 0 Å². The van der Waals surface area contributed by atoms with Crippen LogP contribution in [0, 0.1) is 0 Å². The molecule has 2 aromatic rings. The van der Waals surface area contributed by atoms with E-state index in [1.807, 2.05) is 12.3 Å². The first-order chi connectivity index (χ1) is 9.72. The molecule has 106 valence electrons. The highest BCUT2D eigenvalue weighted by molar-refractivity contribution is 6.32. The Labute approximate surface area is 123 Å². The molecule has 0 atom stereocenters. The first kappa shape index (κ1) is 13.3. The zero-order chi connectivity index (χ0) is 13.9. The van der Waals surface area contributed by atoms with Crippen LogP contribution in [0.4, 0.5) is 5.69 Å². The van der Waals surface area contributed by atoms with Crippen molar-refractivity contribution in [3.8, 4) is 5.75 Å². The maximum absolute atomic E-state index is 6.07. The fourth-order valence-corrected chi connectivity index (χ4v) is 2.86. The Morgan fingerprint density at radius 2 is 2.10 bits per heavy atom. The lowest BCUT2D eigenvalue weighted by atomic mass is 10.3. The Hall–Kier alpha value is -1.68. The average molecular weight is 292 g/mol. The van der Waals surface area contributed by atoms with E-state index in [0.29, 0.717) is 29.1 Å². The van der Waals surface area contributed by atoms with Crippen LogP contribution < -0.4 is 10.5 Å². The highest BCUT2D eigenvalue weighted by Gasteiger charge is 2.17. The number of aromatic nitrogens is 2. The summed E-state index contributed by atoms with van der Waals surface area (Å²) in [7, 11) is 0. The van der Waals surface area contributed by atoms with Gasteiger partial charge in [0.25, 0.3) is 0 Å². The second-order valence-corrected chi connectivity index (χ2v) is 5.61. The number of hydrogen-bond acceptors (Lipinski definition) is 3. The zero-order valence-corrected chi connectivity index (χ0v) is 12.0. The number of anilines is 1. The minimum atomic E-state index is 0.420. The standard InChI is InChI=1S/C15H18ClN3O/c16-14-9-11(17)5-6-15(14)20-10-12-7-8-19(18-12)13-3-1-2-4-13/h5-9,13H,1-4,10,17H2. The van der Waals surface area contributed by atoms with E-state index >= 15 is 0 Å². The minimum Gasteiger partial charge on any atom is -0.486 e. The summed E-state index contributed by atoms with van der Waals surface area (Å²) in [6.45, 7) is 0.420. The van der Waals surface area contributed by atoms with Crippen molar-refractivity contribution in [3.63, 3.8) is 0 Å². The van der Waals surface area contributed by atoms with Crippen LogP contribution in [0.1, 0.15) is 37.4 Å². The van der Waals surface area contributed by atoms with Crippen LogP contribution in [0.2, 0.25) is 5.02 Å². The van der Waals surface area contributed by atoms with E-state index in [1.165, 1.54) is 25.7 Å². The molecule has 0 bridgehead atoms. The Morgan fingerprint density at radius 1 is 1.30 bits per heavy atom. The van der Waals surface area contributed by atoms with Crippen molar-refractivity contribution >= 4 is 17.3 Å². The van der Waals surface area contributed by atoms with Crippen molar-refractivity contribution in [3.05, 3.63) is 41.2 Å². The van der Waals surface area contributed by atoms with Gasteiger partial charge in [-0.25, -0.2) is 0 Å². The van der Waals surface area contributed by atoms with Gasteiger partial charge in [0.1, 0.15) is 12.4 Å². The van der Waals surface area contributed by atoms with Gasteiger partial charge >= 0.3 is 0 Å². The van der Waals surface area contributed by atoms with Gasteiger partial charge < -0.3 is 10.5 Å². The quantitative estimate of drug-likeness (QED) is 0.872. The lowest BCUT2D eigenvalue weighted by molar-refractivity contribution is 0.298. The second kappa shape index (κ2) is 5.75. The number of nitrogens with zero attached hydrogens (tertiary/aromatic N) is 2. The van der Waals surface area contributed by atoms with Gasteiger partial charge in [0, 0.05) is 11.9 Å². The van der Waals surface area contributed by atoms with E-state index < -0.39 is 0 Å². The molecule has 4 nitrogen and oxygen atoms in total. The third-order valence-electron chi connectivity index (χ3n) is 3.69. The molecule has 1 aromatic carbocycles. The smallest absolute Gasteiger partial charge is 0.138 e. The van der Waals surface area contributed by atoms with Crippen LogP contribution in [-0.4, -0.2) is 9.78 Å². The van der Waals surface area contributed by atoms with Gasteiger partial charge in [-0.3, -0.25) is 4.68 Å². The van der Waals surface area contributed by atoms with Crippen molar-refractivity contribution in [2.75, 3.05) is 5.73 Å². The summed E-state index contributed by atoms with van der Waals surface area (Å²) in [4.78, 5) is 0. The predicted octanol–water partition coefficient (Wildman–Crippen LogP) is 3.81. The lowest BCUT2D eigenvalue weighted by Gasteiger charge is -2.09. The number of halogens is 1. The Bertz CT molecular complexity index is 591. The fourth-order valence-electron chi connectivity index (χ4n) is 2.61. The van der Waals surface area contributed by atoms with E-state index in [1.54, 1.807) is 18.2 Å². The van der Waals surface area contributed by atoms with Crippen molar-refractivity contribution in [2.24, 2.45) is 0 Å². The van der Waals surface area contributed by atoms with Gasteiger partial charge in [-0.05, 0) is 37.1 Å². The second-order valence-electron chi connectivity index (χ2n) is 5.20. The molecule has 0 aliphatic heterocycles. The topological polar surface area (TPSA) is 53.1 Å². The molecule has 0 radical (unpaired) electrons. The Kier molecular flexibility index (Phi) is 3.83. The molecule has 0 unspecified atom stereocenters. The predicted molar refractivity (Wildman–Crippen MR) is 79.9 cm³/mol. The van der Waals surface area contributed by atoms with E-state index in [2.05, 4.69) is 9.78 Å². The molecule has 2 N–H and O–H groups in total. The van der Waals surface area contributed by atoms with Crippen molar-refractivity contribution in [1.29, 1.82) is 0 Å². The molecular formula is C15H18ClN3O. The average Bonchev–Trinajstić information content (AvgIpc) is 3.08. The van der Waals surface area contributed by atoms with Crippen molar-refractivity contribution in [2.45, 2.75) is 38.3 Å². The van der Waals surface area contributed by atoms with E-state index in [4.69, 9.17) is 22.1 Å². The first-order valence-electron chi connectivity index (χ1n) is 6.94. The molecule has 1 heterocycles. The number of ether oxygens (including phenoxy) is 1. The number of rotatable bonds is 4. The lowest BCUT2D eigenvalue weighted by Crippen LogP contribution is -2.06. The molecule has 0 amide bonds. The van der Waals surface area contributed by atoms with Crippen LogP contribution in [0.3, 0.4) is 0 Å². The van der Waals surface area contributed by atoms with Crippen LogP contribution in [0.15, 0.2) is 30.5 Å². The molecule has 0 spiro atoms. The summed E-state index contributed by atoms with van der Waals surface area (Å²) in [5, 5.41) is 5.11.